The van der Waals surface area contributed by atoms with Gasteiger partial charge in [-0.25, -0.2) is 4.98 Å². The first-order valence-corrected chi connectivity index (χ1v) is 6.56. The maximum atomic E-state index is 5.82. The Morgan fingerprint density at radius 1 is 1.60 bits per heavy atom. The molecule has 0 radical (unpaired) electrons. The predicted molar refractivity (Wildman–Crippen MR) is 66.0 cm³/mol. The van der Waals surface area contributed by atoms with Crippen LogP contribution in [0.1, 0.15) is 12.8 Å². The Bertz CT molecular complexity index is 307. The summed E-state index contributed by atoms with van der Waals surface area (Å²) in [5.74, 6) is 0.821. The van der Waals surface area contributed by atoms with Gasteiger partial charge in [-0.15, -0.1) is 11.3 Å². The van der Waals surface area contributed by atoms with Gasteiger partial charge in [-0.2, -0.15) is 0 Å². The number of piperidine rings is 1. The van der Waals surface area contributed by atoms with Crippen LogP contribution in [0.2, 0.25) is 5.15 Å². The van der Waals surface area contributed by atoms with E-state index in [0.717, 1.165) is 30.7 Å². The van der Waals surface area contributed by atoms with Gasteiger partial charge < -0.3 is 10.2 Å². The van der Waals surface area contributed by atoms with E-state index in [1.165, 1.54) is 12.8 Å². The summed E-state index contributed by atoms with van der Waals surface area (Å²) in [4.78, 5) is 6.64. The van der Waals surface area contributed by atoms with Gasteiger partial charge >= 0.3 is 0 Å². The SMILES string of the molecule is CNCC1CCN(c2nc(Cl)cs2)CC1. The summed E-state index contributed by atoms with van der Waals surface area (Å²) in [6, 6.07) is 0. The van der Waals surface area contributed by atoms with Crippen molar-refractivity contribution in [3.05, 3.63) is 10.5 Å². The molecule has 1 aromatic rings. The number of hydrogen-bond donors (Lipinski definition) is 1. The minimum Gasteiger partial charge on any atom is -0.348 e. The van der Waals surface area contributed by atoms with E-state index >= 15 is 0 Å². The molecule has 1 aliphatic rings. The van der Waals surface area contributed by atoms with E-state index in [1.54, 1.807) is 11.3 Å². The number of nitrogens with zero attached hydrogens (tertiary/aromatic N) is 2. The van der Waals surface area contributed by atoms with Gasteiger partial charge in [-0.3, -0.25) is 0 Å². The number of thiazole rings is 1. The number of nitrogens with one attached hydrogen (secondary N) is 1. The van der Waals surface area contributed by atoms with Crippen molar-refractivity contribution >= 4 is 28.1 Å². The maximum absolute atomic E-state index is 5.82. The summed E-state index contributed by atoms with van der Waals surface area (Å²) in [5.41, 5.74) is 0. The molecule has 0 unspecified atom stereocenters. The van der Waals surface area contributed by atoms with Gasteiger partial charge in [-0.05, 0) is 32.4 Å². The Kier molecular flexibility index (Phi) is 3.83. The summed E-state index contributed by atoms with van der Waals surface area (Å²) >= 11 is 7.46. The average Bonchev–Trinajstić information content (AvgIpc) is 2.67. The Morgan fingerprint density at radius 2 is 2.33 bits per heavy atom. The van der Waals surface area contributed by atoms with E-state index in [-0.39, 0.29) is 0 Å². The standard InChI is InChI=1S/C10H16ClN3S/c1-12-6-8-2-4-14(5-3-8)10-13-9(11)7-15-10/h7-8,12H,2-6H2,1H3. The Labute approximate surface area is 99.5 Å². The highest BCUT2D eigenvalue weighted by Gasteiger charge is 2.20. The number of rotatable bonds is 3. The lowest BCUT2D eigenvalue weighted by molar-refractivity contribution is 0.393. The van der Waals surface area contributed by atoms with Crippen molar-refractivity contribution < 1.29 is 0 Å². The van der Waals surface area contributed by atoms with E-state index in [0.29, 0.717) is 5.15 Å². The van der Waals surface area contributed by atoms with Crippen molar-refractivity contribution in [2.24, 2.45) is 5.92 Å². The molecule has 2 heterocycles. The number of anilines is 1. The van der Waals surface area contributed by atoms with Gasteiger partial charge in [-0.1, -0.05) is 11.6 Å². The van der Waals surface area contributed by atoms with Crippen molar-refractivity contribution in [3.8, 4) is 0 Å². The van der Waals surface area contributed by atoms with Crippen LogP contribution in [0.25, 0.3) is 0 Å². The van der Waals surface area contributed by atoms with Gasteiger partial charge in [0.25, 0.3) is 0 Å². The molecule has 0 amide bonds. The molecule has 0 aromatic carbocycles. The maximum Gasteiger partial charge on any atom is 0.186 e. The average molecular weight is 246 g/mol. The zero-order chi connectivity index (χ0) is 10.7. The number of aromatic nitrogens is 1. The molecule has 1 N–H and O–H groups in total. The summed E-state index contributed by atoms with van der Waals surface area (Å²) < 4.78 is 0. The van der Waals surface area contributed by atoms with E-state index in [4.69, 9.17) is 11.6 Å². The molecule has 15 heavy (non-hydrogen) atoms. The lowest BCUT2D eigenvalue weighted by Crippen LogP contribution is -2.36. The largest absolute Gasteiger partial charge is 0.348 e. The number of hydrogen-bond acceptors (Lipinski definition) is 4. The van der Waals surface area contributed by atoms with Crippen molar-refractivity contribution in [2.75, 3.05) is 31.6 Å². The smallest absolute Gasteiger partial charge is 0.186 e. The summed E-state index contributed by atoms with van der Waals surface area (Å²) in [6.45, 7) is 3.35. The van der Waals surface area contributed by atoms with Crippen LogP contribution in [-0.2, 0) is 0 Å². The van der Waals surface area contributed by atoms with Gasteiger partial charge in [0.05, 0.1) is 0 Å². The second kappa shape index (κ2) is 5.14. The second-order valence-corrected chi connectivity index (χ2v) is 5.16. The van der Waals surface area contributed by atoms with Crippen LogP contribution in [0.4, 0.5) is 5.13 Å². The Balaban J connectivity index is 1.88. The van der Waals surface area contributed by atoms with Crippen LogP contribution in [0.15, 0.2) is 5.38 Å². The zero-order valence-electron chi connectivity index (χ0n) is 8.87. The van der Waals surface area contributed by atoms with Crippen molar-refractivity contribution in [1.29, 1.82) is 0 Å². The quantitative estimate of drug-likeness (QED) is 0.885. The molecule has 0 bridgehead atoms. The molecule has 0 spiro atoms. The minimum atomic E-state index is 0.618. The molecule has 2 rings (SSSR count). The van der Waals surface area contributed by atoms with E-state index in [2.05, 4.69) is 15.2 Å². The molecule has 0 saturated carbocycles. The third-order valence-corrected chi connectivity index (χ3v) is 4.07. The van der Waals surface area contributed by atoms with Gasteiger partial charge in [0.1, 0.15) is 5.15 Å². The highest BCUT2D eigenvalue weighted by Crippen LogP contribution is 2.27. The van der Waals surface area contributed by atoms with Crippen LogP contribution >= 0.6 is 22.9 Å². The monoisotopic (exact) mass is 245 g/mol. The molecular weight excluding hydrogens is 230 g/mol. The molecule has 1 saturated heterocycles. The molecule has 1 aliphatic heterocycles. The lowest BCUT2D eigenvalue weighted by atomic mass is 9.97. The van der Waals surface area contributed by atoms with E-state index in [1.807, 2.05) is 12.4 Å². The third-order valence-electron chi connectivity index (χ3n) is 2.84. The topological polar surface area (TPSA) is 28.2 Å². The fraction of sp³-hybridized carbons (Fsp3) is 0.700. The van der Waals surface area contributed by atoms with Crippen molar-refractivity contribution in [3.63, 3.8) is 0 Å². The Morgan fingerprint density at radius 3 is 2.87 bits per heavy atom. The lowest BCUT2D eigenvalue weighted by Gasteiger charge is -2.31. The molecule has 1 aromatic heterocycles. The first-order valence-electron chi connectivity index (χ1n) is 5.30. The van der Waals surface area contributed by atoms with Crippen LogP contribution < -0.4 is 10.2 Å². The third kappa shape index (κ3) is 2.83. The predicted octanol–water partition coefficient (Wildman–Crippen LogP) is 2.23. The summed E-state index contributed by atoms with van der Waals surface area (Å²) in [5, 5.41) is 6.83. The Hall–Kier alpha value is -0.320. The molecule has 3 nitrogen and oxygen atoms in total. The van der Waals surface area contributed by atoms with Crippen LogP contribution in [0.5, 0.6) is 0 Å². The highest BCUT2D eigenvalue weighted by atomic mass is 35.5. The van der Waals surface area contributed by atoms with Crippen LogP contribution in [0, 0.1) is 5.92 Å². The molecular formula is C10H16ClN3S. The normalized spacial score (nSPS) is 18.4. The number of halogens is 1. The second-order valence-electron chi connectivity index (χ2n) is 3.94. The summed E-state index contributed by atoms with van der Waals surface area (Å²) in [7, 11) is 2.02. The fourth-order valence-electron chi connectivity index (χ4n) is 2.01. The molecule has 0 aliphatic carbocycles. The van der Waals surface area contributed by atoms with Gasteiger partial charge in [0, 0.05) is 18.5 Å². The molecule has 0 atom stereocenters. The first-order chi connectivity index (χ1) is 7.29. The van der Waals surface area contributed by atoms with E-state index in [9.17, 15) is 0 Å². The van der Waals surface area contributed by atoms with Crippen LogP contribution in [0.3, 0.4) is 0 Å². The summed E-state index contributed by atoms with van der Waals surface area (Å²) in [6.07, 6.45) is 2.50. The highest BCUT2D eigenvalue weighted by molar-refractivity contribution is 7.14. The molecule has 5 heteroatoms. The van der Waals surface area contributed by atoms with Gasteiger partial charge in [0.2, 0.25) is 0 Å². The van der Waals surface area contributed by atoms with E-state index < -0.39 is 0 Å². The minimum absolute atomic E-state index is 0.618. The zero-order valence-corrected chi connectivity index (χ0v) is 10.4. The van der Waals surface area contributed by atoms with Gasteiger partial charge in [0.15, 0.2) is 5.13 Å². The molecule has 1 fully saturated rings. The van der Waals surface area contributed by atoms with Crippen molar-refractivity contribution in [2.45, 2.75) is 12.8 Å². The first kappa shape index (κ1) is 11.2. The molecule has 84 valence electrons. The van der Waals surface area contributed by atoms with Crippen LogP contribution in [-0.4, -0.2) is 31.7 Å². The van der Waals surface area contributed by atoms with Crippen molar-refractivity contribution in [1.82, 2.24) is 10.3 Å². The fourth-order valence-corrected chi connectivity index (χ4v) is 3.01.